The molecule has 1 aliphatic rings. The number of ether oxygens (including phenoxy) is 1. The van der Waals surface area contributed by atoms with Gasteiger partial charge in [-0.3, -0.25) is 0 Å². The van der Waals surface area contributed by atoms with Gasteiger partial charge in [0.1, 0.15) is 11.7 Å². The molecule has 0 saturated heterocycles. The molecule has 0 aromatic heterocycles. The minimum atomic E-state index is 0.721. The molecule has 1 aromatic carbocycles. The summed E-state index contributed by atoms with van der Waals surface area (Å²) in [5.74, 6) is 1.68. The van der Waals surface area contributed by atoms with Crippen LogP contribution in [0.3, 0.4) is 0 Å². The minimum absolute atomic E-state index is 0.721. The maximum atomic E-state index is 5.56. The van der Waals surface area contributed by atoms with Crippen LogP contribution in [0.5, 0.6) is 5.75 Å². The van der Waals surface area contributed by atoms with Crippen LogP contribution in [0.15, 0.2) is 23.1 Å². The lowest BCUT2D eigenvalue weighted by Gasteiger charge is -1.96. The minimum Gasteiger partial charge on any atom is -0.481 e. The van der Waals surface area contributed by atoms with Gasteiger partial charge in [0.05, 0.1) is 4.90 Å². The second kappa shape index (κ2) is 2.20. The van der Waals surface area contributed by atoms with Gasteiger partial charge in [-0.1, -0.05) is 17.8 Å². The summed E-state index contributed by atoms with van der Waals surface area (Å²) < 4.78 is 5.26. The van der Waals surface area contributed by atoms with Gasteiger partial charge in [-0.05, 0) is 24.6 Å². The van der Waals surface area contributed by atoms with E-state index < -0.39 is 0 Å². The normalized spacial score (nSPS) is 14.5. The van der Waals surface area contributed by atoms with E-state index >= 15 is 0 Å². The Hall–Kier alpha value is -0.630. The molecule has 0 amide bonds. The molecule has 0 aliphatic carbocycles. The number of hydrogen-bond acceptors (Lipinski definition) is 2. The second-order valence-electron chi connectivity index (χ2n) is 2.11. The highest BCUT2D eigenvalue weighted by Crippen LogP contribution is 2.36. The molecule has 0 atom stereocenters. The van der Waals surface area contributed by atoms with E-state index in [-0.39, 0.29) is 0 Å². The summed E-state index contributed by atoms with van der Waals surface area (Å²) in [4.78, 5) is 1.15. The predicted octanol–water partition coefficient (Wildman–Crippen LogP) is 2.19. The zero-order chi connectivity index (χ0) is 6.97. The lowest BCUT2D eigenvalue weighted by atomic mass is 10.2. The maximum Gasteiger partial charge on any atom is 0.138 e. The second-order valence-corrected chi connectivity index (χ2v) is 3.08. The Bertz CT molecular complexity index is 257. The van der Waals surface area contributed by atoms with Crippen molar-refractivity contribution in [1.82, 2.24) is 0 Å². The molecule has 1 heterocycles. The first-order valence-electron chi connectivity index (χ1n) is 3.01. The van der Waals surface area contributed by atoms with Crippen molar-refractivity contribution in [1.29, 1.82) is 0 Å². The summed E-state index contributed by atoms with van der Waals surface area (Å²) >= 11 is 1.68. The summed E-state index contributed by atoms with van der Waals surface area (Å²) in [6.45, 7) is 5.56. The molecular formula is C8H6OS. The molecule has 0 unspecified atom stereocenters. The van der Waals surface area contributed by atoms with Gasteiger partial charge in [0.25, 0.3) is 0 Å². The van der Waals surface area contributed by atoms with Crippen LogP contribution in [0.25, 0.3) is 0 Å². The van der Waals surface area contributed by atoms with E-state index in [4.69, 9.17) is 11.7 Å². The zero-order valence-corrected chi connectivity index (χ0v) is 6.15. The summed E-state index contributed by atoms with van der Waals surface area (Å²) in [5.41, 5.74) is 0.803. The van der Waals surface area contributed by atoms with E-state index in [0.29, 0.717) is 0 Å². The Labute approximate surface area is 64.4 Å². The molecule has 0 spiro atoms. The summed E-state index contributed by atoms with van der Waals surface area (Å²) in [6, 6.07) is 5.70. The van der Waals surface area contributed by atoms with Gasteiger partial charge in [0.2, 0.25) is 0 Å². The molecule has 2 radical (unpaired) electrons. The highest BCUT2D eigenvalue weighted by Gasteiger charge is 2.10. The molecule has 0 fully saturated rings. The lowest BCUT2D eigenvalue weighted by Crippen LogP contribution is -1.81. The third kappa shape index (κ3) is 0.886. The van der Waals surface area contributed by atoms with E-state index in [1.165, 1.54) is 0 Å². The third-order valence-corrected chi connectivity index (χ3v) is 2.26. The van der Waals surface area contributed by atoms with Crippen LogP contribution in [-0.2, 0) is 0 Å². The van der Waals surface area contributed by atoms with Gasteiger partial charge >= 0.3 is 0 Å². The Kier molecular flexibility index (Phi) is 1.34. The first-order chi connectivity index (χ1) is 4.86. The molecule has 10 heavy (non-hydrogen) atoms. The summed E-state index contributed by atoms with van der Waals surface area (Å²) in [5, 5.41) is 0. The fraction of sp³-hybridized carbons (Fsp3) is 0.125. The van der Waals surface area contributed by atoms with E-state index in [1.807, 2.05) is 18.2 Å². The van der Waals surface area contributed by atoms with Gasteiger partial charge < -0.3 is 4.74 Å². The van der Waals surface area contributed by atoms with Crippen molar-refractivity contribution in [3.8, 4) is 5.75 Å². The van der Waals surface area contributed by atoms with Crippen molar-refractivity contribution >= 4 is 11.8 Å². The number of fused-ring (bicyclic) bond motifs is 1. The highest BCUT2D eigenvalue weighted by molar-refractivity contribution is 7.99. The zero-order valence-electron chi connectivity index (χ0n) is 5.33. The van der Waals surface area contributed by atoms with E-state index in [0.717, 1.165) is 22.1 Å². The molecule has 2 rings (SSSR count). The van der Waals surface area contributed by atoms with E-state index in [9.17, 15) is 0 Å². The van der Waals surface area contributed by atoms with Crippen LogP contribution in [-0.4, -0.2) is 5.94 Å². The van der Waals surface area contributed by atoms with Crippen molar-refractivity contribution in [2.45, 2.75) is 4.90 Å². The molecular weight excluding hydrogens is 144 g/mol. The Morgan fingerprint density at radius 3 is 3.30 bits per heavy atom. The summed E-state index contributed by atoms with van der Waals surface area (Å²) in [6.07, 6.45) is 0. The highest BCUT2D eigenvalue weighted by atomic mass is 32.2. The average molecular weight is 150 g/mol. The lowest BCUT2D eigenvalue weighted by molar-refractivity contribution is 0.397. The molecule has 2 heteroatoms. The van der Waals surface area contributed by atoms with E-state index in [1.54, 1.807) is 11.8 Å². The van der Waals surface area contributed by atoms with Crippen LogP contribution in [0, 0.1) is 6.92 Å². The predicted molar refractivity (Wildman–Crippen MR) is 41.2 cm³/mol. The largest absolute Gasteiger partial charge is 0.481 e. The first kappa shape index (κ1) is 6.10. The van der Waals surface area contributed by atoms with Crippen molar-refractivity contribution in [2.24, 2.45) is 0 Å². The van der Waals surface area contributed by atoms with Crippen molar-refractivity contribution in [3.05, 3.63) is 30.7 Å². The molecule has 0 bridgehead atoms. The number of rotatable bonds is 0. The molecule has 0 saturated carbocycles. The SMILES string of the molecule is [CH]c1ccc2c(c1)SCO2. The first-order valence-corrected chi connectivity index (χ1v) is 4.00. The van der Waals surface area contributed by atoms with Gasteiger partial charge in [-0.2, -0.15) is 0 Å². The van der Waals surface area contributed by atoms with Crippen LogP contribution >= 0.6 is 11.8 Å². The Morgan fingerprint density at radius 1 is 1.50 bits per heavy atom. The van der Waals surface area contributed by atoms with Gasteiger partial charge in [-0.15, -0.1) is 0 Å². The molecule has 0 N–H and O–H groups in total. The third-order valence-electron chi connectivity index (χ3n) is 1.40. The quantitative estimate of drug-likeness (QED) is 0.560. The number of hydrogen-bond donors (Lipinski definition) is 0. The fourth-order valence-corrected chi connectivity index (χ4v) is 1.71. The molecule has 1 nitrogen and oxygen atoms in total. The Balaban J connectivity index is 2.52. The molecule has 1 aromatic rings. The fourth-order valence-electron chi connectivity index (χ4n) is 0.913. The van der Waals surface area contributed by atoms with Crippen molar-refractivity contribution in [2.75, 3.05) is 5.94 Å². The van der Waals surface area contributed by atoms with Crippen molar-refractivity contribution in [3.63, 3.8) is 0 Å². The summed E-state index contributed by atoms with van der Waals surface area (Å²) in [7, 11) is 0. The maximum absolute atomic E-state index is 5.56. The molecule has 1 aliphatic heterocycles. The average Bonchev–Trinajstić information content (AvgIpc) is 2.33. The topological polar surface area (TPSA) is 9.23 Å². The standard InChI is InChI=1S/C8H6OS/c1-6-2-3-7-8(4-6)10-5-9-7/h1-4H,5H2. The van der Waals surface area contributed by atoms with Crippen LogP contribution in [0.2, 0.25) is 0 Å². The van der Waals surface area contributed by atoms with Gasteiger partial charge in [0, 0.05) is 0 Å². The van der Waals surface area contributed by atoms with Crippen LogP contribution in [0.1, 0.15) is 5.56 Å². The van der Waals surface area contributed by atoms with Crippen molar-refractivity contribution < 1.29 is 4.74 Å². The van der Waals surface area contributed by atoms with Crippen LogP contribution in [0.4, 0.5) is 0 Å². The van der Waals surface area contributed by atoms with E-state index in [2.05, 4.69) is 0 Å². The molecule has 50 valence electrons. The number of benzene rings is 1. The number of thioether (sulfide) groups is 1. The van der Waals surface area contributed by atoms with Crippen LogP contribution < -0.4 is 4.74 Å². The van der Waals surface area contributed by atoms with Gasteiger partial charge in [0.15, 0.2) is 0 Å². The Morgan fingerprint density at radius 2 is 2.40 bits per heavy atom. The smallest absolute Gasteiger partial charge is 0.138 e. The van der Waals surface area contributed by atoms with Gasteiger partial charge in [-0.25, -0.2) is 0 Å². The monoisotopic (exact) mass is 150 g/mol.